The van der Waals surface area contributed by atoms with E-state index in [9.17, 15) is 19.2 Å². The van der Waals surface area contributed by atoms with Crippen LogP contribution in [-0.4, -0.2) is 40.5 Å². The van der Waals surface area contributed by atoms with E-state index in [1.165, 1.54) is 0 Å². The van der Waals surface area contributed by atoms with Crippen molar-refractivity contribution in [2.75, 3.05) is 0 Å². The van der Waals surface area contributed by atoms with Crippen LogP contribution in [0.4, 0.5) is 0 Å². The number of nitrogens with zero attached hydrogens (tertiary/aromatic N) is 1. The first-order valence-corrected chi connectivity index (χ1v) is 5.68. The van der Waals surface area contributed by atoms with E-state index in [1.54, 1.807) is 20.8 Å². The highest BCUT2D eigenvalue weighted by molar-refractivity contribution is 6.04. The van der Waals surface area contributed by atoms with E-state index in [0.717, 1.165) is 0 Å². The summed E-state index contributed by atoms with van der Waals surface area (Å²) < 4.78 is 4.89. The summed E-state index contributed by atoms with van der Waals surface area (Å²) in [4.78, 5) is 50.0. The summed E-state index contributed by atoms with van der Waals surface area (Å²) >= 11 is 0. The van der Waals surface area contributed by atoms with Crippen LogP contribution < -0.4 is 5.73 Å². The summed E-state index contributed by atoms with van der Waals surface area (Å²) in [6.45, 7) is 4.82. The fraction of sp³-hybridized carbons (Fsp3) is 0.636. The Kier molecular flexibility index (Phi) is 4.25. The van der Waals surface area contributed by atoms with Crippen LogP contribution in [0, 0.1) is 0 Å². The van der Waals surface area contributed by atoms with Crippen molar-refractivity contribution in [3.63, 3.8) is 0 Å². The summed E-state index contributed by atoms with van der Waals surface area (Å²) in [6, 6.07) is -1.71. The molecule has 1 atom stereocenters. The van der Waals surface area contributed by atoms with Crippen LogP contribution in [0.5, 0.6) is 0 Å². The van der Waals surface area contributed by atoms with Gasteiger partial charge in [0.1, 0.15) is 5.60 Å². The molecule has 0 bridgehead atoms. The van der Waals surface area contributed by atoms with Gasteiger partial charge in [0.2, 0.25) is 6.04 Å². The maximum atomic E-state index is 11.5. The van der Waals surface area contributed by atoms with E-state index in [-0.39, 0.29) is 12.8 Å². The minimum atomic E-state index is -1.71. The van der Waals surface area contributed by atoms with E-state index in [0.29, 0.717) is 5.06 Å². The molecule has 19 heavy (non-hydrogen) atoms. The number of hydrogen-bond donors (Lipinski definition) is 1. The second-order valence-corrected chi connectivity index (χ2v) is 5.00. The average Bonchev–Trinajstić information content (AvgIpc) is 2.57. The van der Waals surface area contributed by atoms with E-state index in [1.807, 2.05) is 0 Å². The number of nitrogens with two attached hydrogens (primary N) is 1. The molecule has 0 aliphatic carbocycles. The Bertz CT molecular complexity index is 409. The largest absolute Gasteiger partial charge is 0.458 e. The molecule has 0 radical (unpaired) electrons. The van der Waals surface area contributed by atoms with Crippen molar-refractivity contribution in [2.24, 2.45) is 5.73 Å². The molecule has 2 N–H and O–H groups in total. The molecule has 106 valence electrons. The molecule has 0 aromatic heterocycles. The normalized spacial score (nSPS) is 17.4. The molecule has 1 fully saturated rings. The Morgan fingerprint density at radius 1 is 1.16 bits per heavy atom. The van der Waals surface area contributed by atoms with Gasteiger partial charge < -0.3 is 15.3 Å². The van der Waals surface area contributed by atoms with Gasteiger partial charge in [-0.1, -0.05) is 0 Å². The Morgan fingerprint density at radius 2 is 1.63 bits per heavy atom. The molecule has 0 spiro atoms. The van der Waals surface area contributed by atoms with Gasteiger partial charge in [0.25, 0.3) is 11.8 Å². The predicted molar refractivity (Wildman–Crippen MR) is 61.0 cm³/mol. The summed E-state index contributed by atoms with van der Waals surface area (Å²) in [7, 11) is 0. The third kappa shape index (κ3) is 4.02. The molecule has 8 nitrogen and oxygen atoms in total. The van der Waals surface area contributed by atoms with Crippen LogP contribution in [-0.2, 0) is 28.8 Å². The Morgan fingerprint density at radius 3 is 2.05 bits per heavy atom. The summed E-state index contributed by atoms with van der Waals surface area (Å²) in [6.07, 6.45) is -0.0679. The fourth-order valence-corrected chi connectivity index (χ4v) is 1.27. The maximum absolute atomic E-state index is 11.5. The van der Waals surface area contributed by atoms with Crippen molar-refractivity contribution in [2.45, 2.75) is 45.3 Å². The van der Waals surface area contributed by atoms with E-state index in [4.69, 9.17) is 10.5 Å². The average molecular weight is 272 g/mol. The minimum absolute atomic E-state index is 0.0339. The Balaban J connectivity index is 2.60. The number of carbonyl (C=O) groups is 4. The van der Waals surface area contributed by atoms with E-state index in [2.05, 4.69) is 4.84 Å². The van der Waals surface area contributed by atoms with Crippen LogP contribution in [0.15, 0.2) is 0 Å². The van der Waals surface area contributed by atoms with Crippen LogP contribution in [0.25, 0.3) is 0 Å². The van der Waals surface area contributed by atoms with Gasteiger partial charge in [-0.15, -0.1) is 5.06 Å². The second kappa shape index (κ2) is 5.35. The number of carbonyl (C=O) groups excluding carboxylic acids is 4. The number of rotatable bonds is 3. The topological polar surface area (TPSA) is 116 Å². The van der Waals surface area contributed by atoms with Gasteiger partial charge in [0.15, 0.2) is 0 Å². The lowest BCUT2D eigenvalue weighted by Crippen LogP contribution is -2.47. The highest BCUT2D eigenvalue weighted by atomic mass is 16.7. The standard InChI is InChI=1S/C11H16N2O6/c1-11(2,3)18-9(16)8(12)10(17)19-13-6(14)4-5-7(13)15/h8H,4-5,12H2,1-3H3. The number of amides is 2. The highest BCUT2D eigenvalue weighted by Crippen LogP contribution is 2.13. The SMILES string of the molecule is CC(C)(C)OC(=O)C(N)C(=O)ON1C(=O)CCC1=O. The molecular weight excluding hydrogens is 256 g/mol. The van der Waals surface area contributed by atoms with Gasteiger partial charge >= 0.3 is 11.9 Å². The Labute approximate surface area is 109 Å². The first-order valence-electron chi connectivity index (χ1n) is 5.68. The van der Waals surface area contributed by atoms with Crippen molar-refractivity contribution in [3.8, 4) is 0 Å². The first-order chi connectivity index (χ1) is 8.61. The smallest absolute Gasteiger partial charge is 0.361 e. The molecule has 1 saturated heterocycles. The molecule has 1 unspecified atom stereocenters. The molecular formula is C11H16N2O6. The Hall–Kier alpha value is -1.96. The van der Waals surface area contributed by atoms with Crippen LogP contribution >= 0.6 is 0 Å². The predicted octanol–water partition coefficient (Wildman–Crippen LogP) is -0.737. The summed E-state index contributed by atoms with van der Waals surface area (Å²) in [5, 5.41) is 0.326. The molecule has 8 heteroatoms. The van der Waals surface area contributed by atoms with Crippen molar-refractivity contribution >= 4 is 23.8 Å². The van der Waals surface area contributed by atoms with Gasteiger partial charge in [-0.2, -0.15) is 0 Å². The summed E-state index contributed by atoms with van der Waals surface area (Å²) in [5.74, 6) is -3.49. The molecule has 1 aliphatic rings. The lowest BCUT2D eigenvalue weighted by atomic mass is 10.2. The van der Waals surface area contributed by atoms with Gasteiger partial charge in [0.05, 0.1) is 0 Å². The lowest BCUT2D eigenvalue weighted by Gasteiger charge is -2.22. The van der Waals surface area contributed by atoms with Gasteiger partial charge in [-0.25, -0.2) is 9.59 Å². The van der Waals surface area contributed by atoms with Crippen LogP contribution in [0.1, 0.15) is 33.6 Å². The fourth-order valence-electron chi connectivity index (χ4n) is 1.27. The molecule has 1 rings (SSSR count). The molecule has 1 aliphatic heterocycles. The lowest BCUT2D eigenvalue weighted by molar-refractivity contribution is -0.200. The van der Waals surface area contributed by atoms with Crippen molar-refractivity contribution in [1.29, 1.82) is 0 Å². The van der Waals surface area contributed by atoms with Gasteiger partial charge in [-0.05, 0) is 20.8 Å². The highest BCUT2D eigenvalue weighted by Gasteiger charge is 2.37. The van der Waals surface area contributed by atoms with Crippen molar-refractivity contribution in [3.05, 3.63) is 0 Å². The third-order valence-electron chi connectivity index (χ3n) is 2.10. The zero-order valence-electron chi connectivity index (χ0n) is 11.0. The number of imide groups is 1. The molecule has 2 amide bonds. The van der Waals surface area contributed by atoms with Crippen LogP contribution in [0.3, 0.4) is 0 Å². The second-order valence-electron chi connectivity index (χ2n) is 5.00. The quantitative estimate of drug-likeness (QED) is 0.408. The summed E-state index contributed by atoms with van der Waals surface area (Å²) in [5.41, 5.74) is 4.53. The minimum Gasteiger partial charge on any atom is -0.458 e. The zero-order chi connectivity index (χ0) is 14.8. The van der Waals surface area contributed by atoms with Gasteiger partial charge in [-0.3, -0.25) is 9.59 Å². The van der Waals surface area contributed by atoms with Crippen molar-refractivity contribution in [1.82, 2.24) is 5.06 Å². The third-order valence-corrected chi connectivity index (χ3v) is 2.10. The molecule has 0 saturated carbocycles. The molecule has 0 aromatic rings. The number of esters is 1. The number of ether oxygens (including phenoxy) is 1. The van der Waals surface area contributed by atoms with Crippen molar-refractivity contribution < 1.29 is 28.8 Å². The zero-order valence-corrected chi connectivity index (χ0v) is 11.0. The monoisotopic (exact) mass is 272 g/mol. The van der Waals surface area contributed by atoms with Gasteiger partial charge in [0, 0.05) is 12.8 Å². The molecule has 0 aromatic carbocycles. The number of hydroxylamine groups is 2. The first kappa shape index (κ1) is 15.1. The molecule has 1 heterocycles. The van der Waals surface area contributed by atoms with E-state index < -0.39 is 35.4 Å². The van der Waals surface area contributed by atoms with Crippen LogP contribution in [0.2, 0.25) is 0 Å². The maximum Gasteiger partial charge on any atom is 0.361 e. The van der Waals surface area contributed by atoms with E-state index >= 15 is 0 Å². The number of hydrogen-bond acceptors (Lipinski definition) is 7.